The number of para-hydroxylation sites is 1. The zero-order valence-corrected chi connectivity index (χ0v) is 14.1. The largest absolute Gasteiger partial charge is 0.497 e. The molecule has 0 bridgehead atoms. The molecule has 1 aromatic heterocycles. The maximum atomic E-state index is 5.85. The first-order valence-electron chi connectivity index (χ1n) is 7.77. The summed E-state index contributed by atoms with van der Waals surface area (Å²) >= 11 is 1.89. The zero-order valence-electron chi connectivity index (χ0n) is 13.3. The molecule has 0 aliphatic carbocycles. The molecule has 6 heteroatoms. The summed E-state index contributed by atoms with van der Waals surface area (Å²) in [6, 6.07) is 16.0. The smallest absolute Gasteiger partial charge is 0.247 e. The first-order chi connectivity index (χ1) is 11.8. The molecule has 122 valence electrons. The molecule has 0 atom stereocenters. The van der Waals surface area contributed by atoms with Gasteiger partial charge in [-0.2, -0.15) is 0 Å². The Hall–Kier alpha value is -2.47. The highest BCUT2D eigenvalue weighted by atomic mass is 32.2. The van der Waals surface area contributed by atoms with E-state index in [1.807, 2.05) is 36.0 Å². The summed E-state index contributed by atoms with van der Waals surface area (Å²) in [5.41, 5.74) is 2.13. The standard InChI is InChI=1S/C18H17N3O2S/c1-22-14-8-6-13(7-9-14)18-20-19-17(23-18)12-21-10-11-24-16-5-3-2-4-15(16)21/h2-9H,10-12H2,1H3. The van der Waals surface area contributed by atoms with E-state index in [0.29, 0.717) is 18.3 Å². The highest BCUT2D eigenvalue weighted by Gasteiger charge is 2.19. The maximum Gasteiger partial charge on any atom is 0.247 e. The molecule has 4 rings (SSSR count). The molecule has 0 spiro atoms. The van der Waals surface area contributed by atoms with Crippen molar-refractivity contribution in [2.75, 3.05) is 24.3 Å². The van der Waals surface area contributed by atoms with Crippen LogP contribution in [0.25, 0.3) is 11.5 Å². The summed E-state index contributed by atoms with van der Waals surface area (Å²) in [6.07, 6.45) is 0. The highest BCUT2D eigenvalue weighted by Crippen LogP contribution is 2.35. The van der Waals surface area contributed by atoms with Crippen LogP contribution in [0.15, 0.2) is 57.8 Å². The van der Waals surface area contributed by atoms with Gasteiger partial charge in [-0.25, -0.2) is 0 Å². The summed E-state index contributed by atoms with van der Waals surface area (Å²) in [5.74, 6) is 3.03. The average molecular weight is 339 g/mol. The van der Waals surface area contributed by atoms with Gasteiger partial charge < -0.3 is 14.1 Å². The molecule has 0 saturated carbocycles. The third-order valence-corrected chi connectivity index (χ3v) is 5.00. The van der Waals surface area contributed by atoms with Crippen molar-refractivity contribution in [3.8, 4) is 17.2 Å². The van der Waals surface area contributed by atoms with E-state index in [-0.39, 0.29) is 0 Å². The average Bonchev–Trinajstić information content (AvgIpc) is 3.11. The molecule has 3 aromatic rings. The summed E-state index contributed by atoms with van der Waals surface area (Å²) in [6.45, 7) is 1.60. The Kier molecular flexibility index (Phi) is 4.13. The van der Waals surface area contributed by atoms with Crippen LogP contribution in [-0.4, -0.2) is 29.6 Å². The van der Waals surface area contributed by atoms with Crippen LogP contribution < -0.4 is 9.64 Å². The molecular formula is C18H17N3O2S. The van der Waals surface area contributed by atoms with Gasteiger partial charge in [0, 0.05) is 22.8 Å². The molecule has 0 unspecified atom stereocenters. The van der Waals surface area contributed by atoms with E-state index in [2.05, 4.69) is 39.4 Å². The Morgan fingerprint density at radius 2 is 1.96 bits per heavy atom. The van der Waals surface area contributed by atoms with E-state index in [1.54, 1.807) is 7.11 Å². The van der Waals surface area contributed by atoms with E-state index in [0.717, 1.165) is 23.6 Å². The van der Waals surface area contributed by atoms with Crippen LogP contribution in [0.5, 0.6) is 5.75 Å². The van der Waals surface area contributed by atoms with Crippen molar-refractivity contribution in [3.63, 3.8) is 0 Å². The fourth-order valence-corrected chi connectivity index (χ4v) is 3.77. The molecule has 0 saturated heterocycles. The number of methoxy groups -OCH3 is 1. The molecule has 1 aliphatic heterocycles. The Labute approximate surface area is 144 Å². The second-order valence-corrected chi connectivity index (χ2v) is 6.60. The summed E-state index contributed by atoms with van der Waals surface area (Å²) in [4.78, 5) is 3.59. The van der Waals surface area contributed by atoms with Crippen LogP contribution in [0.4, 0.5) is 5.69 Å². The fraction of sp³-hybridized carbons (Fsp3) is 0.222. The number of thioether (sulfide) groups is 1. The van der Waals surface area contributed by atoms with Crippen LogP contribution in [0, 0.1) is 0 Å². The van der Waals surface area contributed by atoms with Gasteiger partial charge in [0.05, 0.1) is 19.3 Å². The van der Waals surface area contributed by atoms with Gasteiger partial charge in [0.2, 0.25) is 11.8 Å². The van der Waals surface area contributed by atoms with Crippen LogP contribution in [0.1, 0.15) is 5.89 Å². The van der Waals surface area contributed by atoms with Gasteiger partial charge in [-0.1, -0.05) is 12.1 Å². The van der Waals surface area contributed by atoms with Crippen molar-refractivity contribution in [2.24, 2.45) is 0 Å². The predicted molar refractivity (Wildman–Crippen MR) is 94.5 cm³/mol. The quantitative estimate of drug-likeness (QED) is 0.719. The van der Waals surface area contributed by atoms with Gasteiger partial charge >= 0.3 is 0 Å². The minimum absolute atomic E-state index is 0.535. The number of fused-ring (bicyclic) bond motifs is 1. The maximum absolute atomic E-state index is 5.85. The second kappa shape index (κ2) is 6.57. The predicted octanol–water partition coefficient (Wildman–Crippen LogP) is 3.86. The monoisotopic (exact) mass is 339 g/mol. The fourth-order valence-electron chi connectivity index (χ4n) is 2.72. The summed E-state index contributed by atoms with van der Waals surface area (Å²) in [5, 5.41) is 8.38. The molecule has 0 N–H and O–H groups in total. The van der Waals surface area contributed by atoms with E-state index in [4.69, 9.17) is 9.15 Å². The molecule has 1 aliphatic rings. The van der Waals surface area contributed by atoms with Gasteiger partial charge in [-0.15, -0.1) is 22.0 Å². The Bertz CT molecular complexity index is 832. The van der Waals surface area contributed by atoms with Gasteiger partial charge in [-0.05, 0) is 36.4 Å². The van der Waals surface area contributed by atoms with Crippen molar-refractivity contribution in [1.82, 2.24) is 10.2 Å². The number of hydrogen-bond donors (Lipinski definition) is 0. The lowest BCUT2D eigenvalue weighted by molar-refractivity contribution is 0.415. The lowest BCUT2D eigenvalue weighted by Gasteiger charge is -2.29. The number of ether oxygens (including phenoxy) is 1. The number of hydrogen-bond acceptors (Lipinski definition) is 6. The third-order valence-electron chi connectivity index (χ3n) is 3.95. The van der Waals surface area contributed by atoms with Crippen molar-refractivity contribution >= 4 is 17.4 Å². The number of aromatic nitrogens is 2. The Morgan fingerprint density at radius 1 is 1.12 bits per heavy atom. The van der Waals surface area contributed by atoms with Crippen molar-refractivity contribution in [3.05, 3.63) is 54.4 Å². The normalized spacial score (nSPS) is 13.6. The van der Waals surface area contributed by atoms with Crippen LogP contribution in [0.2, 0.25) is 0 Å². The molecule has 2 heterocycles. The van der Waals surface area contributed by atoms with E-state index >= 15 is 0 Å². The van der Waals surface area contributed by atoms with Crippen molar-refractivity contribution < 1.29 is 9.15 Å². The molecule has 5 nitrogen and oxygen atoms in total. The van der Waals surface area contributed by atoms with Gasteiger partial charge in [0.25, 0.3) is 0 Å². The van der Waals surface area contributed by atoms with Gasteiger partial charge in [0.15, 0.2) is 0 Å². The van der Waals surface area contributed by atoms with Crippen LogP contribution in [-0.2, 0) is 6.54 Å². The first-order valence-corrected chi connectivity index (χ1v) is 8.75. The topological polar surface area (TPSA) is 51.4 Å². The number of rotatable bonds is 4. The minimum atomic E-state index is 0.535. The summed E-state index contributed by atoms with van der Waals surface area (Å²) < 4.78 is 11.0. The molecule has 24 heavy (non-hydrogen) atoms. The Balaban J connectivity index is 1.53. The Morgan fingerprint density at radius 3 is 2.79 bits per heavy atom. The van der Waals surface area contributed by atoms with Crippen molar-refractivity contribution in [2.45, 2.75) is 11.4 Å². The second-order valence-electron chi connectivity index (χ2n) is 5.47. The van der Waals surface area contributed by atoms with E-state index < -0.39 is 0 Å². The third kappa shape index (κ3) is 2.97. The lowest BCUT2D eigenvalue weighted by Crippen LogP contribution is -2.28. The molecule has 2 aromatic carbocycles. The SMILES string of the molecule is COc1ccc(-c2nnc(CN3CCSc4ccccc43)o2)cc1. The molecular weight excluding hydrogens is 322 g/mol. The van der Waals surface area contributed by atoms with Crippen LogP contribution >= 0.6 is 11.8 Å². The lowest BCUT2D eigenvalue weighted by atomic mass is 10.2. The highest BCUT2D eigenvalue weighted by molar-refractivity contribution is 7.99. The molecule has 0 fully saturated rings. The van der Waals surface area contributed by atoms with E-state index in [1.165, 1.54) is 10.6 Å². The molecule has 0 radical (unpaired) electrons. The zero-order chi connectivity index (χ0) is 16.4. The minimum Gasteiger partial charge on any atom is -0.497 e. The number of benzene rings is 2. The number of nitrogens with zero attached hydrogens (tertiary/aromatic N) is 3. The van der Waals surface area contributed by atoms with Crippen LogP contribution in [0.3, 0.4) is 0 Å². The first kappa shape index (κ1) is 15.1. The van der Waals surface area contributed by atoms with Gasteiger partial charge in [0.1, 0.15) is 5.75 Å². The summed E-state index contributed by atoms with van der Waals surface area (Å²) in [7, 11) is 1.65. The van der Waals surface area contributed by atoms with E-state index in [9.17, 15) is 0 Å². The van der Waals surface area contributed by atoms with Crippen molar-refractivity contribution in [1.29, 1.82) is 0 Å². The molecule has 0 amide bonds. The number of anilines is 1. The van der Waals surface area contributed by atoms with Gasteiger partial charge in [-0.3, -0.25) is 0 Å².